The van der Waals surface area contributed by atoms with Crippen molar-refractivity contribution in [2.75, 3.05) is 18.4 Å². The van der Waals surface area contributed by atoms with Gasteiger partial charge in [-0.2, -0.15) is 13.2 Å². The molecule has 1 saturated carbocycles. The normalized spacial score (nSPS) is 19.4. The van der Waals surface area contributed by atoms with E-state index in [-0.39, 0.29) is 29.3 Å². The van der Waals surface area contributed by atoms with Gasteiger partial charge in [0.25, 0.3) is 0 Å². The van der Waals surface area contributed by atoms with Crippen molar-refractivity contribution >= 4 is 17.5 Å². The number of halogens is 3. The van der Waals surface area contributed by atoms with Crippen molar-refractivity contribution in [1.82, 2.24) is 4.90 Å². The molecule has 0 spiro atoms. The SMILES string of the molecule is O=C(Nc1cccc(C(F)(F)F)c1)C1CCN(C(=O)C2CCC2)CC1. The van der Waals surface area contributed by atoms with E-state index < -0.39 is 11.7 Å². The first kappa shape index (κ1) is 17.8. The number of carbonyl (C=O) groups is 2. The maximum atomic E-state index is 12.7. The van der Waals surface area contributed by atoms with Gasteiger partial charge in [0.2, 0.25) is 11.8 Å². The van der Waals surface area contributed by atoms with E-state index >= 15 is 0 Å². The summed E-state index contributed by atoms with van der Waals surface area (Å²) < 4.78 is 38.2. The number of carbonyl (C=O) groups excluding carboxylic acids is 2. The summed E-state index contributed by atoms with van der Waals surface area (Å²) in [6, 6.07) is 4.63. The van der Waals surface area contributed by atoms with Crippen LogP contribution in [0.1, 0.15) is 37.7 Å². The monoisotopic (exact) mass is 354 g/mol. The first-order valence-corrected chi connectivity index (χ1v) is 8.61. The van der Waals surface area contributed by atoms with Crippen LogP contribution in [0, 0.1) is 11.8 Å². The zero-order chi connectivity index (χ0) is 18.0. The molecule has 136 valence electrons. The summed E-state index contributed by atoms with van der Waals surface area (Å²) in [5, 5.41) is 2.57. The van der Waals surface area contributed by atoms with Crippen LogP contribution in [0.4, 0.5) is 18.9 Å². The molecule has 0 aromatic heterocycles. The van der Waals surface area contributed by atoms with Crippen LogP contribution in [-0.4, -0.2) is 29.8 Å². The third-order valence-electron chi connectivity index (χ3n) is 5.09. The van der Waals surface area contributed by atoms with Crippen LogP contribution < -0.4 is 5.32 Å². The Balaban J connectivity index is 1.53. The van der Waals surface area contributed by atoms with Crippen molar-refractivity contribution < 1.29 is 22.8 Å². The topological polar surface area (TPSA) is 49.4 Å². The summed E-state index contributed by atoms with van der Waals surface area (Å²) in [5.41, 5.74) is -0.640. The fraction of sp³-hybridized carbons (Fsp3) is 0.556. The summed E-state index contributed by atoms with van der Waals surface area (Å²) in [4.78, 5) is 26.3. The Morgan fingerprint density at radius 3 is 2.28 bits per heavy atom. The zero-order valence-corrected chi connectivity index (χ0v) is 13.8. The Morgan fingerprint density at radius 1 is 1.04 bits per heavy atom. The zero-order valence-electron chi connectivity index (χ0n) is 13.8. The number of hydrogen-bond acceptors (Lipinski definition) is 2. The molecule has 0 bridgehead atoms. The number of hydrogen-bond donors (Lipinski definition) is 1. The molecule has 2 amide bonds. The number of alkyl halides is 3. The van der Waals surface area contributed by atoms with Gasteiger partial charge in [-0.25, -0.2) is 0 Å². The Morgan fingerprint density at radius 2 is 1.72 bits per heavy atom. The molecule has 4 nitrogen and oxygen atoms in total. The van der Waals surface area contributed by atoms with E-state index in [0.29, 0.717) is 25.9 Å². The predicted molar refractivity (Wildman–Crippen MR) is 86.7 cm³/mol. The van der Waals surface area contributed by atoms with Gasteiger partial charge in [0.1, 0.15) is 0 Å². The summed E-state index contributed by atoms with van der Waals surface area (Å²) in [6.45, 7) is 1.08. The maximum Gasteiger partial charge on any atom is 0.416 e. The van der Waals surface area contributed by atoms with Crippen LogP contribution in [0.5, 0.6) is 0 Å². The predicted octanol–water partition coefficient (Wildman–Crippen LogP) is 3.68. The highest BCUT2D eigenvalue weighted by Gasteiger charge is 2.34. The highest BCUT2D eigenvalue weighted by molar-refractivity contribution is 5.92. The van der Waals surface area contributed by atoms with Gasteiger partial charge < -0.3 is 10.2 Å². The lowest BCUT2D eigenvalue weighted by molar-refractivity contribution is -0.140. The molecule has 0 unspecified atom stereocenters. The highest BCUT2D eigenvalue weighted by atomic mass is 19.4. The number of likely N-dealkylation sites (tertiary alicyclic amines) is 1. The molecule has 3 rings (SSSR count). The number of nitrogens with zero attached hydrogens (tertiary/aromatic N) is 1. The average Bonchev–Trinajstić information content (AvgIpc) is 2.53. The van der Waals surface area contributed by atoms with Gasteiger partial charge in [-0.15, -0.1) is 0 Å². The second-order valence-corrected chi connectivity index (χ2v) is 6.80. The summed E-state index contributed by atoms with van der Waals surface area (Å²) in [7, 11) is 0. The first-order chi connectivity index (χ1) is 11.8. The Kier molecular flexibility index (Phi) is 5.01. The lowest BCUT2D eigenvalue weighted by Crippen LogP contribution is -2.45. The van der Waals surface area contributed by atoms with Gasteiger partial charge in [0.05, 0.1) is 5.56 Å². The van der Waals surface area contributed by atoms with E-state index in [4.69, 9.17) is 0 Å². The molecule has 0 atom stereocenters. The Labute approximate surface area is 144 Å². The fourth-order valence-electron chi connectivity index (χ4n) is 3.29. The minimum atomic E-state index is -4.44. The van der Waals surface area contributed by atoms with E-state index in [0.717, 1.165) is 31.4 Å². The van der Waals surface area contributed by atoms with E-state index in [2.05, 4.69) is 5.32 Å². The molecule has 1 aromatic rings. The van der Waals surface area contributed by atoms with Crippen LogP contribution >= 0.6 is 0 Å². The number of rotatable bonds is 3. The van der Waals surface area contributed by atoms with Gasteiger partial charge in [-0.05, 0) is 43.9 Å². The molecule has 25 heavy (non-hydrogen) atoms. The average molecular weight is 354 g/mol. The molecule has 2 aliphatic rings. The van der Waals surface area contributed by atoms with Crippen molar-refractivity contribution in [1.29, 1.82) is 0 Å². The molecule has 0 radical (unpaired) electrons. The molecule has 1 N–H and O–H groups in total. The molecule has 1 aliphatic heterocycles. The van der Waals surface area contributed by atoms with Crippen molar-refractivity contribution in [2.24, 2.45) is 11.8 Å². The number of nitrogens with one attached hydrogen (secondary N) is 1. The molecule has 1 heterocycles. The Hall–Kier alpha value is -2.05. The smallest absolute Gasteiger partial charge is 0.342 e. The van der Waals surface area contributed by atoms with E-state index in [1.807, 2.05) is 4.90 Å². The van der Waals surface area contributed by atoms with E-state index in [1.165, 1.54) is 12.1 Å². The van der Waals surface area contributed by atoms with Crippen molar-refractivity contribution in [3.05, 3.63) is 29.8 Å². The molecule has 7 heteroatoms. The minimum Gasteiger partial charge on any atom is -0.342 e. The van der Waals surface area contributed by atoms with Crippen LogP contribution in [0.15, 0.2) is 24.3 Å². The number of anilines is 1. The van der Waals surface area contributed by atoms with Gasteiger partial charge in [0, 0.05) is 30.6 Å². The lowest BCUT2D eigenvalue weighted by Gasteiger charge is -2.36. The van der Waals surface area contributed by atoms with Gasteiger partial charge in [-0.1, -0.05) is 12.5 Å². The maximum absolute atomic E-state index is 12.7. The lowest BCUT2D eigenvalue weighted by atomic mass is 9.83. The Bertz CT molecular complexity index is 648. The van der Waals surface area contributed by atoms with Crippen LogP contribution in [0.2, 0.25) is 0 Å². The third kappa shape index (κ3) is 4.14. The second-order valence-electron chi connectivity index (χ2n) is 6.80. The largest absolute Gasteiger partial charge is 0.416 e. The molecule has 1 aliphatic carbocycles. The van der Waals surface area contributed by atoms with Crippen LogP contribution in [-0.2, 0) is 15.8 Å². The first-order valence-electron chi connectivity index (χ1n) is 8.61. The molecule has 1 aromatic carbocycles. The fourth-order valence-corrected chi connectivity index (χ4v) is 3.29. The molecular formula is C18H21F3N2O2. The van der Waals surface area contributed by atoms with Crippen molar-refractivity contribution in [3.63, 3.8) is 0 Å². The standard InChI is InChI=1S/C18H21F3N2O2/c19-18(20,21)14-5-2-6-15(11-14)22-16(24)12-7-9-23(10-8-12)17(25)13-3-1-4-13/h2,5-6,11-13H,1,3-4,7-10H2,(H,22,24). The third-order valence-corrected chi connectivity index (χ3v) is 5.09. The van der Waals surface area contributed by atoms with Crippen molar-refractivity contribution in [3.8, 4) is 0 Å². The van der Waals surface area contributed by atoms with Gasteiger partial charge >= 0.3 is 6.18 Å². The number of piperidine rings is 1. The van der Waals surface area contributed by atoms with Crippen LogP contribution in [0.25, 0.3) is 0 Å². The summed E-state index contributed by atoms with van der Waals surface area (Å²) in [5.74, 6) is -0.228. The number of amides is 2. The molecule has 1 saturated heterocycles. The number of benzene rings is 1. The summed E-state index contributed by atoms with van der Waals surface area (Å²) >= 11 is 0. The van der Waals surface area contributed by atoms with Crippen molar-refractivity contribution in [2.45, 2.75) is 38.3 Å². The summed E-state index contributed by atoms with van der Waals surface area (Å²) in [6.07, 6.45) is -0.337. The second kappa shape index (κ2) is 7.06. The quantitative estimate of drug-likeness (QED) is 0.900. The van der Waals surface area contributed by atoms with Crippen LogP contribution in [0.3, 0.4) is 0 Å². The highest BCUT2D eigenvalue weighted by Crippen LogP contribution is 2.32. The van der Waals surface area contributed by atoms with E-state index in [9.17, 15) is 22.8 Å². The van der Waals surface area contributed by atoms with Gasteiger partial charge in [0.15, 0.2) is 0 Å². The molecule has 2 fully saturated rings. The minimum absolute atomic E-state index is 0.146. The van der Waals surface area contributed by atoms with Gasteiger partial charge in [-0.3, -0.25) is 9.59 Å². The molecular weight excluding hydrogens is 333 g/mol. The van der Waals surface area contributed by atoms with E-state index in [1.54, 1.807) is 0 Å².